The predicted octanol–water partition coefficient (Wildman–Crippen LogP) is 4.16. The number of hydrogen-bond donors (Lipinski definition) is 1. The van der Waals surface area contributed by atoms with Gasteiger partial charge in [0.2, 0.25) is 0 Å². The average Bonchev–Trinajstić information content (AvgIpc) is 2.41. The number of hydrogen-bond acceptors (Lipinski definition) is 2. The van der Waals surface area contributed by atoms with E-state index in [-0.39, 0.29) is 11.7 Å². The van der Waals surface area contributed by atoms with Gasteiger partial charge in [0.1, 0.15) is 0 Å². The summed E-state index contributed by atoms with van der Waals surface area (Å²) in [6.45, 7) is 7.45. The van der Waals surface area contributed by atoms with Gasteiger partial charge >= 0.3 is 0 Å². The highest BCUT2D eigenvalue weighted by molar-refractivity contribution is 4.96. The molecule has 2 saturated carbocycles. The molecule has 2 rings (SSSR count). The highest BCUT2D eigenvalue weighted by Crippen LogP contribution is 2.43. The van der Waals surface area contributed by atoms with Crippen LogP contribution in [0.2, 0.25) is 0 Å². The molecule has 3 unspecified atom stereocenters. The van der Waals surface area contributed by atoms with E-state index < -0.39 is 0 Å². The summed E-state index contributed by atoms with van der Waals surface area (Å²) in [6, 6.07) is 0. The molecule has 2 heteroatoms. The molecule has 19 heavy (non-hydrogen) atoms. The second-order valence-corrected chi connectivity index (χ2v) is 7.16. The van der Waals surface area contributed by atoms with Gasteiger partial charge in [0.25, 0.3) is 0 Å². The molecule has 112 valence electrons. The summed E-state index contributed by atoms with van der Waals surface area (Å²) in [5, 5.41) is 11.0. The topological polar surface area (TPSA) is 29.5 Å². The molecule has 0 aliphatic heterocycles. The zero-order valence-corrected chi connectivity index (χ0v) is 13.0. The van der Waals surface area contributed by atoms with Gasteiger partial charge in [-0.2, -0.15) is 0 Å². The molecule has 0 heterocycles. The molecule has 0 aromatic carbocycles. The molecular formula is C17H32O2. The summed E-state index contributed by atoms with van der Waals surface area (Å²) in [5.74, 6) is 2.03. The van der Waals surface area contributed by atoms with Crippen LogP contribution in [-0.2, 0) is 4.74 Å². The van der Waals surface area contributed by atoms with Crippen LogP contribution in [0.25, 0.3) is 0 Å². The van der Waals surface area contributed by atoms with Gasteiger partial charge in [-0.15, -0.1) is 0 Å². The Morgan fingerprint density at radius 3 is 2.37 bits per heavy atom. The Hall–Kier alpha value is -0.0800. The van der Waals surface area contributed by atoms with Crippen molar-refractivity contribution in [2.24, 2.45) is 17.8 Å². The number of ether oxygens (including phenoxy) is 1. The van der Waals surface area contributed by atoms with Crippen LogP contribution in [0.5, 0.6) is 0 Å². The average molecular weight is 268 g/mol. The second-order valence-electron chi connectivity index (χ2n) is 7.16. The number of rotatable bonds is 4. The minimum Gasteiger partial charge on any atom is -0.390 e. The maximum atomic E-state index is 11.0. The van der Waals surface area contributed by atoms with Gasteiger partial charge in [-0.1, -0.05) is 26.7 Å². The van der Waals surface area contributed by atoms with Gasteiger partial charge in [-0.3, -0.25) is 0 Å². The van der Waals surface area contributed by atoms with E-state index in [1.54, 1.807) is 0 Å². The molecule has 0 saturated heterocycles. The lowest BCUT2D eigenvalue weighted by Gasteiger charge is -2.46. The maximum absolute atomic E-state index is 11.0. The van der Waals surface area contributed by atoms with Gasteiger partial charge in [-0.25, -0.2) is 0 Å². The third kappa shape index (κ3) is 3.52. The van der Waals surface area contributed by atoms with E-state index in [0.717, 1.165) is 31.3 Å². The van der Waals surface area contributed by atoms with Crippen LogP contribution < -0.4 is 0 Å². The number of aliphatic hydroxyl groups excluding tert-OH is 1. The molecule has 2 aliphatic rings. The van der Waals surface area contributed by atoms with Crippen LogP contribution in [0.1, 0.15) is 72.1 Å². The Balaban J connectivity index is 2.05. The molecule has 2 aliphatic carbocycles. The van der Waals surface area contributed by atoms with Crippen molar-refractivity contribution < 1.29 is 9.84 Å². The van der Waals surface area contributed by atoms with Crippen LogP contribution >= 0.6 is 0 Å². The van der Waals surface area contributed by atoms with Crippen molar-refractivity contribution in [3.63, 3.8) is 0 Å². The van der Waals surface area contributed by atoms with Gasteiger partial charge in [-0.05, 0) is 63.2 Å². The first-order valence-electron chi connectivity index (χ1n) is 8.39. The van der Waals surface area contributed by atoms with Crippen LogP contribution in [0, 0.1) is 17.8 Å². The van der Waals surface area contributed by atoms with E-state index in [1.165, 1.54) is 38.5 Å². The van der Waals surface area contributed by atoms with Gasteiger partial charge in [0.05, 0.1) is 11.7 Å². The van der Waals surface area contributed by atoms with Crippen LogP contribution in [0.15, 0.2) is 0 Å². The van der Waals surface area contributed by atoms with Crippen molar-refractivity contribution >= 4 is 0 Å². The third-order valence-electron chi connectivity index (χ3n) is 5.51. The van der Waals surface area contributed by atoms with Crippen molar-refractivity contribution in [2.75, 3.05) is 6.61 Å². The van der Waals surface area contributed by atoms with Crippen molar-refractivity contribution in [1.82, 2.24) is 0 Å². The van der Waals surface area contributed by atoms with Crippen molar-refractivity contribution in [1.29, 1.82) is 0 Å². The van der Waals surface area contributed by atoms with Gasteiger partial charge in [0, 0.05) is 6.61 Å². The minimum atomic E-state index is -0.248. The lowest BCUT2D eigenvalue weighted by atomic mass is 9.69. The Morgan fingerprint density at radius 1 is 1.11 bits per heavy atom. The largest absolute Gasteiger partial charge is 0.390 e. The lowest BCUT2D eigenvalue weighted by molar-refractivity contribution is -0.166. The molecule has 2 fully saturated rings. The predicted molar refractivity (Wildman–Crippen MR) is 79.1 cm³/mol. The second kappa shape index (κ2) is 6.58. The SMILES string of the molecule is CCOC1(C(O)C2CCCC(C)C2)CCC(C)CC1. The minimum absolute atomic E-state index is 0.233. The van der Waals surface area contributed by atoms with E-state index in [2.05, 4.69) is 20.8 Å². The van der Waals surface area contributed by atoms with Crippen LogP contribution in [0.3, 0.4) is 0 Å². The van der Waals surface area contributed by atoms with Crippen molar-refractivity contribution in [3.8, 4) is 0 Å². The smallest absolute Gasteiger partial charge is 0.0942 e. The fourth-order valence-electron chi connectivity index (χ4n) is 4.26. The zero-order valence-electron chi connectivity index (χ0n) is 13.0. The van der Waals surface area contributed by atoms with Crippen molar-refractivity contribution in [3.05, 3.63) is 0 Å². The Kier molecular flexibility index (Phi) is 5.30. The van der Waals surface area contributed by atoms with Gasteiger partial charge in [0.15, 0.2) is 0 Å². The van der Waals surface area contributed by atoms with Crippen molar-refractivity contribution in [2.45, 2.75) is 83.8 Å². The molecule has 1 N–H and O–H groups in total. The summed E-state index contributed by atoms with van der Waals surface area (Å²) in [7, 11) is 0. The molecule has 0 aromatic rings. The van der Waals surface area contributed by atoms with Crippen LogP contribution in [-0.4, -0.2) is 23.4 Å². The van der Waals surface area contributed by atoms with Crippen LogP contribution in [0.4, 0.5) is 0 Å². The fraction of sp³-hybridized carbons (Fsp3) is 1.00. The summed E-state index contributed by atoms with van der Waals surface area (Å²) in [6.07, 6.45) is 9.26. The fourth-order valence-corrected chi connectivity index (χ4v) is 4.26. The van der Waals surface area contributed by atoms with E-state index in [4.69, 9.17) is 4.74 Å². The summed E-state index contributed by atoms with van der Waals surface area (Å²) in [4.78, 5) is 0. The van der Waals surface area contributed by atoms with E-state index in [0.29, 0.717) is 5.92 Å². The lowest BCUT2D eigenvalue weighted by Crippen LogP contribution is -2.51. The van der Waals surface area contributed by atoms with Gasteiger partial charge < -0.3 is 9.84 Å². The number of aliphatic hydroxyl groups is 1. The summed E-state index contributed by atoms with van der Waals surface area (Å²) < 4.78 is 6.12. The van der Waals surface area contributed by atoms with E-state index in [9.17, 15) is 5.11 Å². The molecule has 0 bridgehead atoms. The first kappa shape index (κ1) is 15.3. The first-order chi connectivity index (χ1) is 9.07. The van der Waals surface area contributed by atoms with E-state index in [1.807, 2.05) is 0 Å². The third-order valence-corrected chi connectivity index (χ3v) is 5.51. The summed E-state index contributed by atoms with van der Waals surface area (Å²) in [5.41, 5.74) is -0.233. The zero-order chi connectivity index (χ0) is 13.9. The highest BCUT2D eigenvalue weighted by atomic mass is 16.5. The monoisotopic (exact) mass is 268 g/mol. The Morgan fingerprint density at radius 2 is 1.79 bits per heavy atom. The Bertz CT molecular complexity index is 268. The molecule has 0 radical (unpaired) electrons. The normalized spacial score (nSPS) is 42.0. The molecule has 0 aromatic heterocycles. The van der Waals surface area contributed by atoms with E-state index >= 15 is 0 Å². The molecule has 0 spiro atoms. The highest BCUT2D eigenvalue weighted by Gasteiger charge is 2.45. The molecule has 3 atom stereocenters. The quantitative estimate of drug-likeness (QED) is 0.829. The molecule has 2 nitrogen and oxygen atoms in total. The summed E-state index contributed by atoms with van der Waals surface area (Å²) >= 11 is 0. The molecular weight excluding hydrogens is 236 g/mol. The molecule has 0 amide bonds. The maximum Gasteiger partial charge on any atom is 0.0942 e. The Labute approximate surface area is 118 Å². The first-order valence-corrected chi connectivity index (χ1v) is 8.39. The standard InChI is InChI=1S/C17H32O2/c1-4-19-17(10-8-13(2)9-11-17)16(18)15-7-5-6-14(3)12-15/h13-16,18H,4-12H2,1-3H3.